The van der Waals surface area contributed by atoms with Crippen LogP contribution < -0.4 is 9.64 Å². The number of ether oxygens (including phenoxy) is 1. The minimum Gasteiger partial charge on any atom is -0.490 e. The van der Waals surface area contributed by atoms with E-state index >= 15 is 0 Å². The fraction of sp³-hybridized carbons (Fsp3) is 0.647. The summed E-state index contributed by atoms with van der Waals surface area (Å²) in [7, 11) is 0. The summed E-state index contributed by atoms with van der Waals surface area (Å²) in [6, 6.07) is 17.7. The summed E-state index contributed by atoms with van der Waals surface area (Å²) in [6.07, 6.45) is 11.7. The van der Waals surface area contributed by atoms with Crippen molar-refractivity contribution in [3.8, 4) is 5.75 Å². The maximum atomic E-state index is 5.94. The Bertz CT molecular complexity index is 753. The Morgan fingerprint density at radius 3 is 1.47 bits per heavy atom. The molecular weight excluding hydrogens is 438 g/mol. The van der Waals surface area contributed by atoms with Crippen molar-refractivity contribution in [3.63, 3.8) is 0 Å². The Hall–Kier alpha value is -1.96. The van der Waals surface area contributed by atoms with Gasteiger partial charge in [0.05, 0.1) is 6.10 Å². The molecule has 0 bridgehead atoms. The summed E-state index contributed by atoms with van der Waals surface area (Å²) < 4.78 is 5.94. The SMILES string of the molecule is CCCC(CC)Oc1ccc(C(C)C)cc1.CCCCCN(CCCCC)c1ccc(C(C)C)cc1. The second kappa shape index (κ2) is 19.2. The highest BCUT2D eigenvalue weighted by Crippen LogP contribution is 2.22. The van der Waals surface area contributed by atoms with Gasteiger partial charge in [-0.2, -0.15) is 0 Å². The van der Waals surface area contributed by atoms with Crippen molar-refractivity contribution in [1.29, 1.82) is 0 Å². The van der Waals surface area contributed by atoms with Crippen LogP contribution in [0.2, 0.25) is 0 Å². The summed E-state index contributed by atoms with van der Waals surface area (Å²) in [5.74, 6) is 2.22. The van der Waals surface area contributed by atoms with Gasteiger partial charge in [0.25, 0.3) is 0 Å². The summed E-state index contributed by atoms with van der Waals surface area (Å²) >= 11 is 0. The third kappa shape index (κ3) is 12.8. The fourth-order valence-corrected chi connectivity index (χ4v) is 4.34. The van der Waals surface area contributed by atoms with Crippen LogP contribution in [0.3, 0.4) is 0 Å². The third-order valence-electron chi connectivity index (χ3n) is 6.90. The van der Waals surface area contributed by atoms with Crippen LogP contribution >= 0.6 is 0 Å². The van der Waals surface area contributed by atoms with Gasteiger partial charge in [-0.3, -0.25) is 0 Å². The molecule has 0 spiro atoms. The fourth-order valence-electron chi connectivity index (χ4n) is 4.34. The number of nitrogens with zero attached hydrogens (tertiary/aromatic N) is 1. The molecule has 2 aromatic carbocycles. The highest BCUT2D eigenvalue weighted by Gasteiger charge is 2.08. The first kappa shape index (κ1) is 32.1. The molecule has 204 valence electrons. The largest absolute Gasteiger partial charge is 0.490 e. The number of unbranched alkanes of at least 4 members (excludes halogenated alkanes) is 4. The number of hydrogen-bond donors (Lipinski definition) is 0. The van der Waals surface area contributed by atoms with Crippen LogP contribution in [0.1, 0.15) is 136 Å². The number of hydrogen-bond acceptors (Lipinski definition) is 2. The molecule has 0 aliphatic carbocycles. The van der Waals surface area contributed by atoms with Gasteiger partial charge in [-0.1, -0.05) is 112 Å². The van der Waals surface area contributed by atoms with Gasteiger partial charge in [0, 0.05) is 18.8 Å². The normalized spacial score (nSPS) is 11.8. The second-order valence-corrected chi connectivity index (χ2v) is 10.8. The molecule has 0 aliphatic heterocycles. The van der Waals surface area contributed by atoms with Crippen molar-refractivity contribution in [2.24, 2.45) is 0 Å². The van der Waals surface area contributed by atoms with Crippen molar-refractivity contribution in [2.45, 2.75) is 131 Å². The van der Waals surface area contributed by atoms with Crippen molar-refractivity contribution >= 4 is 5.69 Å². The van der Waals surface area contributed by atoms with E-state index in [9.17, 15) is 0 Å². The molecule has 0 radical (unpaired) electrons. The molecule has 0 aliphatic rings. The Balaban J connectivity index is 0.000000369. The van der Waals surface area contributed by atoms with Gasteiger partial charge in [-0.25, -0.2) is 0 Å². The quantitative estimate of drug-likeness (QED) is 0.215. The molecule has 0 saturated carbocycles. The summed E-state index contributed by atoms with van der Waals surface area (Å²) in [5, 5.41) is 0. The minimum atomic E-state index is 0.370. The Kier molecular flexibility index (Phi) is 17.1. The van der Waals surface area contributed by atoms with Gasteiger partial charge in [0.15, 0.2) is 0 Å². The topological polar surface area (TPSA) is 12.5 Å². The van der Waals surface area contributed by atoms with Crippen molar-refractivity contribution < 1.29 is 4.74 Å². The smallest absolute Gasteiger partial charge is 0.119 e. The van der Waals surface area contributed by atoms with Crippen molar-refractivity contribution in [3.05, 3.63) is 59.7 Å². The Morgan fingerprint density at radius 1 is 0.611 bits per heavy atom. The molecule has 2 heteroatoms. The zero-order valence-corrected chi connectivity index (χ0v) is 25.0. The Morgan fingerprint density at radius 2 is 1.08 bits per heavy atom. The predicted molar refractivity (Wildman–Crippen MR) is 162 cm³/mol. The van der Waals surface area contributed by atoms with E-state index < -0.39 is 0 Å². The highest BCUT2D eigenvalue weighted by molar-refractivity contribution is 5.48. The van der Waals surface area contributed by atoms with Gasteiger partial charge in [0.1, 0.15) is 5.75 Å². The van der Waals surface area contributed by atoms with Gasteiger partial charge >= 0.3 is 0 Å². The number of benzene rings is 2. The monoisotopic (exact) mass is 495 g/mol. The molecule has 0 aromatic heterocycles. The van der Waals surface area contributed by atoms with Crippen LogP contribution in [-0.4, -0.2) is 19.2 Å². The van der Waals surface area contributed by atoms with E-state index in [-0.39, 0.29) is 0 Å². The molecule has 2 aromatic rings. The molecule has 0 fully saturated rings. The number of anilines is 1. The van der Waals surface area contributed by atoms with E-state index in [1.807, 2.05) is 0 Å². The molecule has 2 rings (SSSR count). The Labute approximate surface area is 224 Å². The standard InChI is InChI=1S/C19H33N.C15H24O/c1-5-7-9-15-20(16-10-8-6-2)19-13-11-18(12-14-19)17(3)4;1-5-7-14(6-2)16-15-10-8-13(9-11-15)12(3)4/h11-14,17H,5-10,15-16H2,1-4H3;8-12,14H,5-7H2,1-4H3. The lowest BCUT2D eigenvalue weighted by molar-refractivity contribution is 0.185. The highest BCUT2D eigenvalue weighted by atomic mass is 16.5. The lowest BCUT2D eigenvalue weighted by Gasteiger charge is -2.25. The van der Waals surface area contributed by atoms with Gasteiger partial charge in [0.2, 0.25) is 0 Å². The zero-order chi connectivity index (χ0) is 26.8. The maximum Gasteiger partial charge on any atom is 0.119 e. The van der Waals surface area contributed by atoms with Gasteiger partial charge in [-0.15, -0.1) is 0 Å². The van der Waals surface area contributed by atoms with E-state index in [0.29, 0.717) is 17.9 Å². The summed E-state index contributed by atoms with van der Waals surface area (Å²) in [4.78, 5) is 2.58. The van der Waals surface area contributed by atoms with E-state index in [1.54, 1.807) is 0 Å². The molecule has 0 heterocycles. The van der Waals surface area contributed by atoms with E-state index in [0.717, 1.165) is 18.6 Å². The number of rotatable bonds is 16. The first-order valence-electron chi connectivity index (χ1n) is 15.0. The van der Waals surface area contributed by atoms with Crippen LogP contribution in [0.25, 0.3) is 0 Å². The molecule has 36 heavy (non-hydrogen) atoms. The second-order valence-electron chi connectivity index (χ2n) is 10.8. The summed E-state index contributed by atoms with van der Waals surface area (Å²) in [5.41, 5.74) is 4.22. The van der Waals surface area contributed by atoms with Crippen LogP contribution in [0.4, 0.5) is 5.69 Å². The van der Waals surface area contributed by atoms with Crippen molar-refractivity contribution in [1.82, 2.24) is 0 Å². The molecule has 1 atom stereocenters. The molecule has 1 unspecified atom stereocenters. The molecule has 0 amide bonds. The lowest BCUT2D eigenvalue weighted by atomic mass is 10.0. The molecule has 0 N–H and O–H groups in total. The van der Waals surface area contributed by atoms with Crippen LogP contribution in [0.5, 0.6) is 5.75 Å². The summed E-state index contributed by atoms with van der Waals surface area (Å²) in [6.45, 7) is 20.3. The molecular formula is C34H57NO. The average molecular weight is 496 g/mol. The molecule has 0 saturated heterocycles. The first-order valence-corrected chi connectivity index (χ1v) is 15.0. The van der Waals surface area contributed by atoms with Crippen LogP contribution in [0.15, 0.2) is 48.5 Å². The predicted octanol–water partition coefficient (Wildman–Crippen LogP) is 10.8. The third-order valence-corrected chi connectivity index (χ3v) is 6.90. The zero-order valence-electron chi connectivity index (χ0n) is 25.0. The minimum absolute atomic E-state index is 0.370. The maximum absolute atomic E-state index is 5.94. The van der Waals surface area contributed by atoms with Crippen LogP contribution in [0, 0.1) is 0 Å². The van der Waals surface area contributed by atoms with Crippen LogP contribution in [-0.2, 0) is 0 Å². The lowest BCUT2D eigenvalue weighted by Crippen LogP contribution is -2.25. The van der Waals surface area contributed by atoms with E-state index in [2.05, 4.69) is 109 Å². The van der Waals surface area contributed by atoms with Gasteiger partial charge < -0.3 is 9.64 Å². The van der Waals surface area contributed by atoms with Crippen molar-refractivity contribution in [2.75, 3.05) is 18.0 Å². The molecule has 2 nitrogen and oxygen atoms in total. The van der Waals surface area contributed by atoms with E-state index in [1.165, 1.54) is 74.8 Å². The average Bonchev–Trinajstić information content (AvgIpc) is 2.88. The van der Waals surface area contributed by atoms with Gasteiger partial charge in [-0.05, 0) is 72.9 Å². The van der Waals surface area contributed by atoms with E-state index in [4.69, 9.17) is 4.74 Å². The first-order chi connectivity index (χ1) is 17.4.